The lowest BCUT2D eigenvalue weighted by Gasteiger charge is -2.27. The second-order valence-electron chi connectivity index (χ2n) is 7.03. The van der Waals surface area contributed by atoms with E-state index in [1.807, 2.05) is 26.8 Å². The van der Waals surface area contributed by atoms with Crippen LogP contribution in [0.15, 0.2) is 30.3 Å². The van der Waals surface area contributed by atoms with Crippen molar-refractivity contribution in [3.05, 3.63) is 35.9 Å². The minimum absolute atomic E-state index is 0.0126. The molecular weight excluding hydrogens is 280 g/mol. The number of hydrogen-bond acceptors (Lipinski definition) is 4. The minimum atomic E-state index is -0.480. The molecule has 1 N–H and O–H groups in total. The molecule has 5 heteroatoms. The van der Waals surface area contributed by atoms with E-state index >= 15 is 0 Å². The highest BCUT2D eigenvalue weighted by atomic mass is 16.6. The zero-order chi connectivity index (χ0) is 15.7. The molecule has 120 valence electrons. The lowest BCUT2D eigenvalue weighted by Crippen LogP contribution is -2.47. The average molecular weight is 304 g/mol. The van der Waals surface area contributed by atoms with E-state index in [1.165, 1.54) is 5.56 Å². The van der Waals surface area contributed by atoms with Gasteiger partial charge >= 0.3 is 6.09 Å². The van der Waals surface area contributed by atoms with Gasteiger partial charge in [0.15, 0.2) is 0 Å². The predicted molar refractivity (Wildman–Crippen MR) is 83.5 cm³/mol. The first-order valence-electron chi connectivity index (χ1n) is 7.81. The molecule has 5 nitrogen and oxygen atoms in total. The number of alkyl carbamates (subject to hydrolysis) is 1. The quantitative estimate of drug-likeness (QED) is 0.930. The number of morpholine rings is 1. The largest absolute Gasteiger partial charge is 0.444 e. The molecule has 0 radical (unpaired) electrons. The Morgan fingerprint density at radius 3 is 2.77 bits per heavy atom. The van der Waals surface area contributed by atoms with Crippen LogP contribution >= 0.6 is 0 Å². The summed E-state index contributed by atoms with van der Waals surface area (Å²) in [6.07, 6.45) is -0.305. The molecule has 0 spiro atoms. The third-order valence-electron chi connectivity index (χ3n) is 4.09. The van der Waals surface area contributed by atoms with E-state index in [0.717, 1.165) is 13.1 Å². The number of hydrogen-bond donors (Lipinski definition) is 1. The standard InChI is InChI=1S/C17H24N2O3/c1-17(2,3)22-16(20)18-15-13-11-21-14(15)10-19(13)9-12-7-5-4-6-8-12/h4-8,13-15H,9-11H2,1-3H3,(H,18,20)/t13-,14-,15+/m1/s1. The highest BCUT2D eigenvalue weighted by Gasteiger charge is 2.49. The summed E-state index contributed by atoms with van der Waals surface area (Å²) in [7, 11) is 0. The van der Waals surface area contributed by atoms with E-state index in [2.05, 4.69) is 34.5 Å². The van der Waals surface area contributed by atoms with Crippen LogP contribution in [-0.2, 0) is 16.0 Å². The van der Waals surface area contributed by atoms with E-state index < -0.39 is 5.60 Å². The molecule has 2 aliphatic rings. The van der Waals surface area contributed by atoms with Gasteiger partial charge in [-0.2, -0.15) is 0 Å². The summed E-state index contributed by atoms with van der Waals surface area (Å²) in [4.78, 5) is 14.4. The summed E-state index contributed by atoms with van der Waals surface area (Å²) in [5.41, 5.74) is 0.804. The third-order valence-corrected chi connectivity index (χ3v) is 4.09. The van der Waals surface area contributed by atoms with Gasteiger partial charge < -0.3 is 14.8 Å². The van der Waals surface area contributed by atoms with E-state index in [0.29, 0.717) is 6.61 Å². The van der Waals surface area contributed by atoms with Crippen LogP contribution < -0.4 is 5.32 Å². The lowest BCUT2D eigenvalue weighted by molar-refractivity contribution is 0.0252. The maximum absolute atomic E-state index is 12.0. The van der Waals surface area contributed by atoms with Gasteiger partial charge in [-0.25, -0.2) is 4.79 Å². The fourth-order valence-corrected chi connectivity index (χ4v) is 3.18. The molecule has 0 aliphatic carbocycles. The van der Waals surface area contributed by atoms with Crippen molar-refractivity contribution in [3.63, 3.8) is 0 Å². The highest BCUT2D eigenvalue weighted by Crippen LogP contribution is 2.30. The fraction of sp³-hybridized carbons (Fsp3) is 0.588. The number of fused-ring (bicyclic) bond motifs is 2. The number of amides is 1. The zero-order valence-corrected chi connectivity index (χ0v) is 13.4. The highest BCUT2D eigenvalue weighted by molar-refractivity contribution is 5.68. The molecule has 2 saturated heterocycles. The van der Waals surface area contributed by atoms with Gasteiger partial charge in [0.1, 0.15) is 5.60 Å². The molecule has 2 aliphatic heterocycles. The van der Waals surface area contributed by atoms with E-state index in [1.54, 1.807) is 0 Å². The van der Waals surface area contributed by atoms with E-state index in [9.17, 15) is 4.79 Å². The summed E-state index contributed by atoms with van der Waals surface area (Å²) in [6, 6.07) is 10.6. The van der Waals surface area contributed by atoms with Gasteiger partial charge in [0, 0.05) is 13.1 Å². The molecule has 2 bridgehead atoms. The number of carbonyl (C=O) groups is 1. The maximum Gasteiger partial charge on any atom is 0.408 e. The molecule has 2 fully saturated rings. The Balaban J connectivity index is 1.60. The summed E-state index contributed by atoms with van der Waals surface area (Å²) >= 11 is 0. The van der Waals surface area contributed by atoms with Gasteiger partial charge in [-0.15, -0.1) is 0 Å². The Hall–Kier alpha value is -1.59. The van der Waals surface area contributed by atoms with Crippen molar-refractivity contribution in [1.82, 2.24) is 10.2 Å². The number of ether oxygens (including phenoxy) is 2. The summed E-state index contributed by atoms with van der Waals surface area (Å²) in [5.74, 6) is 0. The van der Waals surface area contributed by atoms with E-state index in [-0.39, 0.29) is 24.3 Å². The van der Waals surface area contributed by atoms with Crippen molar-refractivity contribution in [3.8, 4) is 0 Å². The van der Waals surface area contributed by atoms with Crippen LogP contribution in [0.3, 0.4) is 0 Å². The molecule has 2 heterocycles. The summed E-state index contributed by atoms with van der Waals surface area (Å²) in [6.45, 7) is 8.01. The molecule has 0 unspecified atom stereocenters. The second-order valence-corrected chi connectivity index (χ2v) is 7.03. The van der Waals surface area contributed by atoms with Crippen LogP contribution in [0, 0.1) is 0 Å². The molecular formula is C17H24N2O3. The monoisotopic (exact) mass is 304 g/mol. The summed E-state index contributed by atoms with van der Waals surface area (Å²) in [5, 5.41) is 2.99. The molecule has 22 heavy (non-hydrogen) atoms. The van der Waals surface area contributed by atoms with Crippen molar-refractivity contribution < 1.29 is 14.3 Å². The normalized spacial score (nSPS) is 27.9. The van der Waals surface area contributed by atoms with Crippen molar-refractivity contribution in [1.29, 1.82) is 0 Å². The molecule has 3 rings (SSSR count). The topological polar surface area (TPSA) is 50.8 Å². The Labute approximate surface area is 131 Å². The number of benzene rings is 1. The lowest BCUT2D eigenvalue weighted by atomic mass is 10.1. The van der Waals surface area contributed by atoms with Crippen LogP contribution in [0.25, 0.3) is 0 Å². The van der Waals surface area contributed by atoms with Crippen LogP contribution in [0.5, 0.6) is 0 Å². The number of nitrogens with one attached hydrogen (secondary N) is 1. The van der Waals surface area contributed by atoms with Crippen LogP contribution in [-0.4, -0.2) is 47.9 Å². The van der Waals surface area contributed by atoms with Gasteiger partial charge in [-0.3, -0.25) is 4.90 Å². The first-order valence-corrected chi connectivity index (χ1v) is 7.81. The maximum atomic E-state index is 12.0. The molecule has 1 amide bonds. The number of nitrogens with zero attached hydrogens (tertiary/aromatic N) is 1. The van der Waals surface area contributed by atoms with Crippen molar-refractivity contribution >= 4 is 6.09 Å². The smallest absolute Gasteiger partial charge is 0.408 e. The van der Waals surface area contributed by atoms with Crippen molar-refractivity contribution in [2.75, 3.05) is 13.2 Å². The Morgan fingerprint density at radius 1 is 1.36 bits per heavy atom. The van der Waals surface area contributed by atoms with E-state index in [4.69, 9.17) is 9.47 Å². The molecule has 0 saturated carbocycles. The predicted octanol–water partition coefficient (Wildman–Crippen LogP) is 2.16. The fourth-order valence-electron chi connectivity index (χ4n) is 3.18. The van der Waals surface area contributed by atoms with Crippen LogP contribution in [0.1, 0.15) is 26.3 Å². The number of likely N-dealkylation sites (tertiary alicyclic amines) is 1. The second kappa shape index (κ2) is 5.89. The third kappa shape index (κ3) is 3.42. The Bertz CT molecular complexity index is 526. The minimum Gasteiger partial charge on any atom is -0.444 e. The first kappa shape index (κ1) is 15.3. The molecule has 1 aromatic rings. The number of carbonyl (C=O) groups excluding carboxylic acids is 1. The average Bonchev–Trinajstić information content (AvgIpc) is 2.94. The zero-order valence-electron chi connectivity index (χ0n) is 13.4. The SMILES string of the molecule is CC(C)(C)OC(=O)N[C@H]1[C@H]2CO[C@@H]1CN2Cc1ccccc1. The van der Waals surface area contributed by atoms with Gasteiger partial charge in [-0.1, -0.05) is 30.3 Å². The van der Waals surface area contributed by atoms with Gasteiger partial charge in [0.25, 0.3) is 0 Å². The van der Waals surface area contributed by atoms with Crippen LogP contribution in [0.2, 0.25) is 0 Å². The summed E-state index contributed by atoms with van der Waals surface area (Å²) < 4.78 is 11.1. The molecule has 1 aromatic carbocycles. The van der Waals surface area contributed by atoms with Crippen LogP contribution in [0.4, 0.5) is 4.79 Å². The Morgan fingerprint density at radius 2 is 2.09 bits per heavy atom. The molecule has 0 aromatic heterocycles. The van der Waals surface area contributed by atoms with Gasteiger partial charge in [0.2, 0.25) is 0 Å². The molecule has 3 atom stereocenters. The Kier molecular flexibility index (Phi) is 4.10. The van der Waals surface area contributed by atoms with Gasteiger partial charge in [0.05, 0.1) is 24.8 Å². The van der Waals surface area contributed by atoms with Gasteiger partial charge in [-0.05, 0) is 26.3 Å². The first-order chi connectivity index (χ1) is 10.4. The number of rotatable bonds is 3. The van der Waals surface area contributed by atoms with Crippen molar-refractivity contribution in [2.24, 2.45) is 0 Å². The van der Waals surface area contributed by atoms with Crippen molar-refractivity contribution in [2.45, 2.75) is 51.1 Å².